The average molecular weight is 429 g/mol. The maximum absolute atomic E-state index is 5.39. The third-order valence-corrected chi connectivity index (χ3v) is 7.00. The summed E-state index contributed by atoms with van der Waals surface area (Å²) in [5.74, 6) is 2.37. The van der Waals surface area contributed by atoms with Gasteiger partial charge < -0.3 is 14.5 Å². The molecule has 1 unspecified atom stereocenters. The molecular formula is C23H29BrN2O. The van der Waals surface area contributed by atoms with Crippen LogP contribution >= 0.6 is 15.9 Å². The Labute approximate surface area is 171 Å². The lowest BCUT2D eigenvalue weighted by Gasteiger charge is -2.34. The fraction of sp³-hybridized carbons (Fsp3) is 0.478. The summed E-state index contributed by atoms with van der Waals surface area (Å²) >= 11 is 3.71. The van der Waals surface area contributed by atoms with Crippen molar-refractivity contribution in [1.82, 2.24) is 4.90 Å². The summed E-state index contributed by atoms with van der Waals surface area (Å²) in [6, 6.07) is 15.2. The summed E-state index contributed by atoms with van der Waals surface area (Å²) in [5.41, 5.74) is 4.32. The molecule has 0 bridgehead atoms. The molecule has 144 valence electrons. The van der Waals surface area contributed by atoms with E-state index in [4.69, 9.17) is 4.74 Å². The van der Waals surface area contributed by atoms with Crippen LogP contribution in [0.1, 0.15) is 29.9 Å². The number of methoxy groups -OCH3 is 1. The van der Waals surface area contributed by atoms with Crippen LogP contribution in [0.15, 0.2) is 46.9 Å². The second kappa shape index (κ2) is 8.24. The van der Waals surface area contributed by atoms with E-state index in [-0.39, 0.29) is 0 Å². The monoisotopic (exact) mass is 428 g/mol. The molecule has 0 aromatic heterocycles. The van der Waals surface area contributed by atoms with Gasteiger partial charge in [0.15, 0.2) is 0 Å². The molecule has 1 saturated heterocycles. The Hall–Kier alpha value is -1.52. The predicted octanol–water partition coefficient (Wildman–Crippen LogP) is 4.95. The van der Waals surface area contributed by atoms with E-state index in [1.807, 2.05) is 6.07 Å². The van der Waals surface area contributed by atoms with E-state index in [1.165, 1.54) is 53.8 Å². The molecule has 0 amide bonds. The first-order valence-electron chi connectivity index (χ1n) is 9.99. The summed E-state index contributed by atoms with van der Waals surface area (Å²) in [7, 11) is 3.96. The van der Waals surface area contributed by atoms with E-state index >= 15 is 0 Å². The van der Waals surface area contributed by atoms with Gasteiger partial charge in [0.1, 0.15) is 5.75 Å². The van der Waals surface area contributed by atoms with Crippen LogP contribution in [0.4, 0.5) is 5.69 Å². The Bertz CT molecular complexity index is 786. The zero-order valence-electron chi connectivity index (χ0n) is 16.3. The molecule has 4 rings (SSSR count). The molecule has 0 spiro atoms. The van der Waals surface area contributed by atoms with Gasteiger partial charge in [-0.15, -0.1) is 0 Å². The average Bonchev–Trinajstić information content (AvgIpc) is 3.01. The van der Waals surface area contributed by atoms with Gasteiger partial charge in [0, 0.05) is 36.2 Å². The Kier molecular flexibility index (Phi) is 5.74. The minimum absolute atomic E-state index is 0.648. The summed E-state index contributed by atoms with van der Waals surface area (Å²) in [4.78, 5) is 5.09. The summed E-state index contributed by atoms with van der Waals surface area (Å²) in [5, 5.41) is 0. The van der Waals surface area contributed by atoms with Gasteiger partial charge in [-0.3, -0.25) is 0 Å². The van der Waals surface area contributed by atoms with Crippen LogP contribution in [0.5, 0.6) is 5.75 Å². The lowest BCUT2D eigenvalue weighted by molar-refractivity contribution is 0.176. The predicted molar refractivity (Wildman–Crippen MR) is 116 cm³/mol. The van der Waals surface area contributed by atoms with E-state index in [0.717, 1.165) is 24.6 Å². The summed E-state index contributed by atoms with van der Waals surface area (Å²) in [6.07, 6.45) is 3.71. The number of hydrogen-bond acceptors (Lipinski definition) is 3. The molecule has 2 aromatic carbocycles. The van der Waals surface area contributed by atoms with Crippen LogP contribution in [0.3, 0.4) is 0 Å². The molecule has 1 atom stereocenters. The number of hydrogen-bond donors (Lipinski definition) is 0. The van der Waals surface area contributed by atoms with Gasteiger partial charge in [-0.05, 0) is 73.7 Å². The molecule has 0 N–H and O–H groups in total. The Morgan fingerprint density at radius 2 is 1.89 bits per heavy atom. The molecule has 2 aromatic rings. The number of piperidine rings is 1. The Morgan fingerprint density at radius 1 is 1.11 bits per heavy atom. The number of likely N-dealkylation sites (tertiary alicyclic amines) is 1. The number of anilines is 1. The molecule has 0 saturated carbocycles. The number of ether oxygens (including phenoxy) is 1. The molecule has 2 aliphatic rings. The zero-order valence-corrected chi connectivity index (χ0v) is 17.9. The van der Waals surface area contributed by atoms with Crippen molar-refractivity contribution in [1.29, 1.82) is 0 Å². The lowest BCUT2D eigenvalue weighted by atomic mass is 9.89. The normalized spacial score (nSPS) is 20.7. The Morgan fingerprint density at radius 3 is 2.67 bits per heavy atom. The number of nitrogens with zero attached hydrogens (tertiary/aromatic N) is 2. The highest BCUT2D eigenvalue weighted by Gasteiger charge is 2.29. The molecule has 1 fully saturated rings. The first-order chi connectivity index (χ1) is 13.1. The number of para-hydroxylation sites is 1. The van der Waals surface area contributed by atoms with E-state index < -0.39 is 0 Å². The van der Waals surface area contributed by atoms with Crippen LogP contribution in [-0.2, 0) is 6.42 Å². The number of benzene rings is 2. The van der Waals surface area contributed by atoms with Crippen molar-refractivity contribution in [2.45, 2.75) is 25.2 Å². The molecular weight excluding hydrogens is 400 g/mol. The van der Waals surface area contributed by atoms with Crippen molar-refractivity contribution >= 4 is 21.6 Å². The van der Waals surface area contributed by atoms with Gasteiger partial charge in [0.2, 0.25) is 0 Å². The van der Waals surface area contributed by atoms with Gasteiger partial charge in [-0.1, -0.05) is 34.1 Å². The van der Waals surface area contributed by atoms with Crippen molar-refractivity contribution < 1.29 is 4.74 Å². The van der Waals surface area contributed by atoms with Gasteiger partial charge in [-0.2, -0.15) is 0 Å². The molecule has 0 aliphatic carbocycles. The molecule has 2 heterocycles. The van der Waals surface area contributed by atoms with Crippen LogP contribution in [0.25, 0.3) is 0 Å². The molecule has 4 heteroatoms. The largest absolute Gasteiger partial charge is 0.497 e. The minimum Gasteiger partial charge on any atom is -0.497 e. The highest BCUT2D eigenvalue weighted by Crippen LogP contribution is 2.36. The lowest BCUT2D eigenvalue weighted by Crippen LogP contribution is -2.37. The molecule has 27 heavy (non-hydrogen) atoms. The number of halogens is 1. The maximum atomic E-state index is 5.39. The van der Waals surface area contributed by atoms with Crippen molar-refractivity contribution in [3.8, 4) is 5.75 Å². The van der Waals surface area contributed by atoms with Crippen molar-refractivity contribution in [2.24, 2.45) is 5.92 Å². The topological polar surface area (TPSA) is 15.7 Å². The van der Waals surface area contributed by atoms with Crippen molar-refractivity contribution in [2.75, 3.05) is 45.2 Å². The van der Waals surface area contributed by atoms with Gasteiger partial charge in [0.25, 0.3) is 0 Å². The third-order valence-electron chi connectivity index (χ3n) is 6.23. The standard InChI is InChI=1S/C23H29BrN2O/c1-25-15-19(21-5-3-4-6-23(21)25)16-26-11-9-17(10-12-26)13-18-14-20(27-2)7-8-22(18)24/h3-8,14,17,19H,9-13,15-16H2,1-2H3. The summed E-state index contributed by atoms with van der Waals surface area (Å²) < 4.78 is 6.60. The first kappa shape index (κ1) is 18.8. The van der Waals surface area contributed by atoms with E-state index in [0.29, 0.717) is 5.92 Å². The fourth-order valence-electron chi connectivity index (χ4n) is 4.69. The van der Waals surface area contributed by atoms with E-state index in [2.05, 4.69) is 69.2 Å². The fourth-order valence-corrected chi connectivity index (χ4v) is 5.10. The minimum atomic E-state index is 0.648. The zero-order chi connectivity index (χ0) is 18.8. The van der Waals surface area contributed by atoms with E-state index in [9.17, 15) is 0 Å². The van der Waals surface area contributed by atoms with Crippen LogP contribution in [-0.4, -0.2) is 45.2 Å². The second-order valence-corrected chi connectivity index (χ2v) is 8.90. The highest BCUT2D eigenvalue weighted by atomic mass is 79.9. The third kappa shape index (κ3) is 4.17. The quantitative estimate of drug-likeness (QED) is 0.669. The van der Waals surface area contributed by atoms with Crippen molar-refractivity contribution in [3.63, 3.8) is 0 Å². The van der Waals surface area contributed by atoms with Crippen molar-refractivity contribution in [3.05, 3.63) is 58.1 Å². The van der Waals surface area contributed by atoms with Crippen LogP contribution < -0.4 is 9.64 Å². The number of likely N-dealkylation sites (N-methyl/N-ethyl adjacent to an activating group) is 1. The molecule has 2 aliphatic heterocycles. The van der Waals surface area contributed by atoms with Gasteiger partial charge in [0.05, 0.1) is 7.11 Å². The van der Waals surface area contributed by atoms with Gasteiger partial charge >= 0.3 is 0 Å². The van der Waals surface area contributed by atoms with Gasteiger partial charge in [-0.25, -0.2) is 0 Å². The van der Waals surface area contributed by atoms with E-state index in [1.54, 1.807) is 7.11 Å². The maximum Gasteiger partial charge on any atom is 0.119 e. The Balaban J connectivity index is 1.32. The highest BCUT2D eigenvalue weighted by molar-refractivity contribution is 9.10. The smallest absolute Gasteiger partial charge is 0.119 e. The molecule has 3 nitrogen and oxygen atoms in total. The summed E-state index contributed by atoms with van der Waals surface area (Å²) in [6.45, 7) is 4.77. The van der Waals surface area contributed by atoms with Crippen LogP contribution in [0.2, 0.25) is 0 Å². The first-order valence-corrected chi connectivity index (χ1v) is 10.8. The molecule has 0 radical (unpaired) electrons. The number of rotatable bonds is 5. The second-order valence-electron chi connectivity index (χ2n) is 8.04. The SMILES string of the molecule is COc1ccc(Br)c(CC2CCN(CC3CN(C)c4ccccc43)CC2)c1. The van der Waals surface area contributed by atoms with Crippen LogP contribution in [0, 0.1) is 5.92 Å². The number of fused-ring (bicyclic) bond motifs is 1.